The molecule has 0 amide bonds. The molecule has 0 aliphatic rings. The fourth-order valence-corrected chi connectivity index (χ4v) is 0.535. The topological polar surface area (TPSA) is 59.0 Å². The van der Waals surface area contributed by atoms with E-state index in [0.717, 1.165) is 0 Å². The number of allylic oxidation sites excluding steroid dienone is 1. The summed E-state index contributed by atoms with van der Waals surface area (Å²) in [6, 6.07) is 1.67. The molecule has 0 unspecified atom stereocenters. The first-order chi connectivity index (χ1) is 4.72. The van der Waals surface area contributed by atoms with E-state index in [1.165, 1.54) is 6.08 Å². The molecule has 0 saturated carbocycles. The standard InChI is InChI=1S/C7H12N2O/c1-3-10-7(4-5-8)6(2)9/h4,6H,3,9H2,1-2H3/b7-4+/t6-/m0/s1. The Labute approximate surface area is 61.1 Å². The zero-order chi connectivity index (χ0) is 7.98. The fourth-order valence-electron chi connectivity index (χ4n) is 0.535. The molecule has 3 heteroatoms. The summed E-state index contributed by atoms with van der Waals surface area (Å²) in [4.78, 5) is 0. The van der Waals surface area contributed by atoms with E-state index in [1.807, 2.05) is 13.0 Å². The number of nitrogens with two attached hydrogens (primary N) is 1. The molecule has 0 aromatic rings. The number of hydrogen-bond acceptors (Lipinski definition) is 3. The molecular formula is C7H12N2O. The van der Waals surface area contributed by atoms with Crippen LogP contribution in [0.15, 0.2) is 11.8 Å². The van der Waals surface area contributed by atoms with Gasteiger partial charge in [-0.15, -0.1) is 0 Å². The summed E-state index contributed by atoms with van der Waals surface area (Å²) >= 11 is 0. The third kappa shape index (κ3) is 3.10. The van der Waals surface area contributed by atoms with Gasteiger partial charge in [-0.2, -0.15) is 5.26 Å². The Morgan fingerprint density at radius 2 is 2.50 bits per heavy atom. The summed E-state index contributed by atoms with van der Waals surface area (Å²) in [5.74, 6) is 0.546. The van der Waals surface area contributed by atoms with Gasteiger partial charge in [0.15, 0.2) is 0 Å². The van der Waals surface area contributed by atoms with Crippen LogP contribution >= 0.6 is 0 Å². The summed E-state index contributed by atoms with van der Waals surface area (Å²) in [6.07, 6.45) is 1.33. The molecule has 0 heterocycles. The van der Waals surface area contributed by atoms with Crippen molar-refractivity contribution in [3.8, 4) is 6.07 Å². The zero-order valence-corrected chi connectivity index (χ0v) is 6.29. The normalized spacial score (nSPS) is 14.0. The third-order valence-corrected chi connectivity index (χ3v) is 0.967. The van der Waals surface area contributed by atoms with Crippen LogP contribution in [0, 0.1) is 11.3 Å². The monoisotopic (exact) mass is 140 g/mol. The molecule has 2 N–H and O–H groups in total. The Balaban J connectivity index is 4.01. The second-order valence-corrected chi connectivity index (χ2v) is 1.90. The first-order valence-corrected chi connectivity index (χ1v) is 3.20. The van der Waals surface area contributed by atoms with Crippen molar-refractivity contribution in [2.24, 2.45) is 5.73 Å². The van der Waals surface area contributed by atoms with Crippen LogP contribution in [0.4, 0.5) is 0 Å². The maximum atomic E-state index is 8.25. The van der Waals surface area contributed by atoms with Crippen molar-refractivity contribution in [1.82, 2.24) is 0 Å². The van der Waals surface area contributed by atoms with Gasteiger partial charge in [-0.3, -0.25) is 0 Å². The van der Waals surface area contributed by atoms with E-state index in [9.17, 15) is 0 Å². The molecule has 0 fully saturated rings. The highest BCUT2D eigenvalue weighted by atomic mass is 16.5. The number of hydrogen-bond donors (Lipinski definition) is 1. The molecule has 0 bridgehead atoms. The van der Waals surface area contributed by atoms with E-state index in [2.05, 4.69) is 0 Å². The largest absolute Gasteiger partial charge is 0.496 e. The van der Waals surface area contributed by atoms with Gasteiger partial charge >= 0.3 is 0 Å². The van der Waals surface area contributed by atoms with Gasteiger partial charge in [-0.1, -0.05) is 0 Å². The van der Waals surface area contributed by atoms with Crippen LogP contribution in [0.3, 0.4) is 0 Å². The smallest absolute Gasteiger partial charge is 0.123 e. The van der Waals surface area contributed by atoms with E-state index in [1.54, 1.807) is 6.92 Å². The fraction of sp³-hybridized carbons (Fsp3) is 0.571. The number of ether oxygens (including phenoxy) is 1. The number of nitrogens with zero attached hydrogens (tertiary/aromatic N) is 1. The molecule has 0 radical (unpaired) electrons. The van der Waals surface area contributed by atoms with Crippen molar-refractivity contribution < 1.29 is 4.74 Å². The van der Waals surface area contributed by atoms with Crippen LogP contribution < -0.4 is 5.73 Å². The lowest BCUT2D eigenvalue weighted by atomic mass is 10.3. The minimum Gasteiger partial charge on any atom is -0.496 e. The molecule has 10 heavy (non-hydrogen) atoms. The average Bonchev–Trinajstić information content (AvgIpc) is 1.87. The van der Waals surface area contributed by atoms with Crippen molar-refractivity contribution in [3.05, 3.63) is 11.8 Å². The maximum Gasteiger partial charge on any atom is 0.123 e. The molecule has 0 rings (SSSR count). The predicted octanol–water partition coefficient (Wildman–Crippen LogP) is 0.778. The van der Waals surface area contributed by atoms with Gasteiger partial charge < -0.3 is 10.5 Å². The van der Waals surface area contributed by atoms with Gasteiger partial charge in [0.05, 0.1) is 24.8 Å². The summed E-state index contributed by atoms with van der Waals surface area (Å²) in [6.45, 7) is 4.18. The van der Waals surface area contributed by atoms with Crippen LogP contribution in [-0.2, 0) is 4.74 Å². The molecule has 56 valence electrons. The molecule has 1 atom stereocenters. The minimum absolute atomic E-state index is 0.195. The Hall–Kier alpha value is -1.01. The van der Waals surface area contributed by atoms with Gasteiger partial charge in [-0.25, -0.2) is 0 Å². The first-order valence-electron chi connectivity index (χ1n) is 3.20. The molecule has 3 nitrogen and oxygen atoms in total. The van der Waals surface area contributed by atoms with Gasteiger partial charge in [0.25, 0.3) is 0 Å². The molecule has 0 spiro atoms. The lowest BCUT2D eigenvalue weighted by Crippen LogP contribution is -2.19. The van der Waals surface area contributed by atoms with E-state index in [0.29, 0.717) is 12.4 Å². The van der Waals surface area contributed by atoms with Gasteiger partial charge in [0.1, 0.15) is 5.76 Å². The molecule has 0 saturated heterocycles. The summed E-state index contributed by atoms with van der Waals surface area (Å²) < 4.78 is 5.06. The highest BCUT2D eigenvalue weighted by molar-refractivity contribution is 5.11. The summed E-state index contributed by atoms with van der Waals surface area (Å²) in [5.41, 5.74) is 5.46. The summed E-state index contributed by atoms with van der Waals surface area (Å²) in [7, 11) is 0. The van der Waals surface area contributed by atoms with Gasteiger partial charge in [-0.05, 0) is 13.8 Å². The van der Waals surface area contributed by atoms with Crippen molar-refractivity contribution in [3.63, 3.8) is 0 Å². The SMILES string of the molecule is CCO/C(=C/C#N)[C@H](C)N. The van der Waals surface area contributed by atoms with Crippen molar-refractivity contribution in [2.45, 2.75) is 19.9 Å². The molecule has 0 aliphatic carbocycles. The second kappa shape index (κ2) is 4.83. The highest BCUT2D eigenvalue weighted by Gasteiger charge is 2.01. The Morgan fingerprint density at radius 1 is 1.90 bits per heavy atom. The van der Waals surface area contributed by atoms with Crippen LogP contribution in [0.2, 0.25) is 0 Å². The van der Waals surface area contributed by atoms with Crippen LogP contribution in [-0.4, -0.2) is 12.6 Å². The highest BCUT2D eigenvalue weighted by Crippen LogP contribution is 1.99. The Kier molecular flexibility index (Phi) is 4.34. The van der Waals surface area contributed by atoms with E-state index < -0.39 is 0 Å². The first kappa shape index (κ1) is 8.99. The van der Waals surface area contributed by atoms with Gasteiger partial charge in [0.2, 0.25) is 0 Å². The van der Waals surface area contributed by atoms with Crippen LogP contribution in [0.5, 0.6) is 0 Å². The third-order valence-electron chi connectivity index (χ3n) is 0.967. The Morgan fingerprint density at radius 3 is 2.80 bits per heavy atom. The van der Waals surface area contributed by atoms with E-state index >= 15 is 0 Å². The molecule has 0 aromatic carbocycles. The van der Waals surface area contributed by atoms with Crippen LogP contribution in [0.1, 0.15) is 13.8 Å². The second-order valence-electron chi connectivity index (χ2n) is 1.90. The lowest BCUT2D eigenvalue weighted by Gasteiger charge is -2.09. The quantitative estimate of drug-likeness (QED) is 0.465. The van der Waals surface area contributed by atoms with Crippen molar-refractivity contribution >= 4 is 0 Å². The van der Waals surface area contributed by atoms with E-state index in [4.69, 9.17) is 15.7 Å². The van der Waals surface area contributed by atoms with Gasteiger partial charge in [0, 0.05) is 0 Å². The number of nitriles is 1. The number of rotatable bonds is 3. The molecular weight excluding hydrogens is 128 g/mol. The zero-order valence-electron chi connectivity index (χ0n) is 6.29. The molecule has 0 aliphatic heterocycles. The molecule has 0 aromatic heterocycles. The predicted molar refractivity (Wildman–Crippen MR) is 39.0 cm³/mol. The van der Waals surface area contributed by atoms with Crippen LogP contribution in [0.25, 0.3) is 0 Å². The Bertz CT molecular complexity index is 155. The van der Waals surface area contributed by atoms with Crippen molar-refractivity contribution in [2.75, 3.05) is 6.61 Å². The van der Waals surface area contributed by atoms with E-state index in [-0.39, 0.29) is 6.04 Å². The maximum absolute atomic E-state index is 8.25. The summed E-state index contributed by atoms with van der Waals surface area (Å²) in [5, 5.41) is 8.25. The minimum atomic E-state index is -0.195. The average molecular weight is 140 g/mol. The van der Waals surface area contributed by atoms with Crippen molar-refractivity contribution in [1.29, 1.82) is 5.26 Å². The lowest BCUT2D eigenvalue weighted by molar-refractivity contribution is 0.212.